The van der Waals surface area contributed by atoms with E-state index in [2.05, 4.69) is 0 Å². The van der Waals surface area contributed by atoms with Gasteiger partial charge in [-0.25, -0.2) is 8.78 Å². The average Bonchev–Trinajstić information content (AvgIpc) is 2.13. The largest absolute Gasteiger partial charge is 0.387 e. The van der Waals surface area contributed by atoms with Crippen molar-refractivity contribution in [1.82, 2.24) is 0 Å². The summed E-state index contributed by atoms with van der Waals surface area (Å²) in [5.74, 6) is -1.93. The molecule has 0 amide bonds. The van der Waals surface area contributed by atoms with Gasteiger partial charge < -0.3 is 5.11 Å². The summed E-state index contributed by atoms with van der Waals surface area (Å²) in [5.41, 5.74) is -0.556. The maximum absolute atomic E-state index is 13.2. The Hall–Kier alpha value is -1.18. The molecule has 0 spiro atoms. The van der Waals surface area contributed by atoms with Gasteiger partial charge in [0.1, 0.15) is 5.82 Å². The van der Waals surface area contributed by atoms with Crippen molar-refractivity contribution in [1.29, 1.82) is 5.26 Å². The first-order chi connectivity index (χ1) is 6.57. The molecule has 1 unspecified atom stereocenters. The molecule has 1 aromatic carbocycles. The molecular formula is C9H6ClF2NO. The smallest absolute Gasteiger partial charge is 0.150 e. The van der Waals surface area contributed by atoms with Crippen LogP contribution in [0.4, 0.5) is 8.78 Å². The van der Waals surface area contributed by atoms with Crippen LogP contribution in [0, 0.1) is 23.0 Å². The molecule has 0 aliphatic rings. The molecular weight excluding hydrogens is 212 g/mol. The Morgan fingerprint density at radius 1 is 1.50 bits per heavy atom. The van der Waals surface area contributed by atoms with Gasteiger partial charge in [-0.05, 0) is 12.1 Å². The predicted molar refractivity (Wildman–Crippen MR) is 46.6 cm³/mol. The highest BCUT2D eigenvalue weighted by molar-refractivity contribution is 6.30. The lowest BCUT2D eigenvalue weighted by Gasteiger charge is -2.09. The highest BCUT2D eigenvalue weighted by Gasteiger charge is 2.19. The molecule has 0 fully saturated rings. The van der Waals surface area contributed by atoms with Crippen molar-refractivity contribution in [3.05, 3.63) is 34.4 Å². The highest BCUT2D eigenvalue weighted by atomic mass is 35.5. The van der Waals surface area contributed by atoms with Gasteiger partial charge in [-0.15, -0.1) is 0 Å². The van der Waals surface area contributed by atoms with Crippen molar-refractivity contribution in [3.63, 3.8) is 0 Å². The van der Waals surface area contributed by atoms with E-state index in [1.165, 1.54) is 0 Å². The number of hydrogen-bond donors (Lipinski definition) is 1. The predicted octanol–water partition coefficient (Wildman–Crippen LogP) is 2.57. The standard InChI is InChI=1S/C9H6ClF2NO/c10-5-1-2-6(11)8(9(5)12)7(14)3-4-13/h1-2,7,14H,3H2. The molecule has 1 rings (SSSR count). The lowest BCUT2D eigenvalue weighted by molar-refractivity contribution is 0.173. The Balaban J connectivity index is 3.19. The van der Waals surface area contributed by atoms with Crippen LogP contribution >= 0.6 is 11.6 Å². The Labute approximate surface area is 84.3 Å². The highest BCUT2D eigenvalue weighted by Crippen LogP contribution is 2.27. The minimum atomic E-state index is -1.49. The summed E-state index contributed by atoms with van der Waals surface area (Å²) in [5, 5.41) is 17.2. The van der Waals surface area contributed by atoms with Crippen molar-refractivity contribution in [3.8, 4) is 6.07 Å². The molecule has 0 saturated carbocycles. The van der Waals surface area contributed by atoms with E-state index >= 15 is 0 Å². The van der Waals surface area contributed by atoms with Crippen molar-refractivity contribution in [2.24, 2.45) is 0 Å². The lowest BCUT2D eigenvalue weighted by Crippen LogP contribution is -2.03. The van der Waals surface area contributed by atoms with Crippen molar-refractivity contribution >= 4 is 11.6 Å². The minimum Gasteiger partial charge on any atom is -0.387 e. The topological polar surface area (TPSA) is 44.0 Å². The third kappa shape index (κ3) is 2.00. The molecule has 0 bridgehead atoms. The van der Waals surface area contributed by atoms with Crippen LogP contribution in [0.25, 0.3) is 0 Å². The maximum atomic E-state index is 13.2. The van der Waals surface area contributed by atoms with Crippen LogP contribution in [-0.2, 0) is 0 Å². The average molecular weight is 218 g/mol. The van der Waals surface area contributed by atoms with Gasteiger partial charge in [-0.2, -0.15) is 5.26 Å². The summed E-state index contributed by atoms with van der Waals surface area (Å²) in [6.45, 7) is 0. The van der Waals surface area contributed by atoms with E-state index in [-0.39, 0.29) is 11.4 Å². The van der Waals surface area contributed by atoms with Crippen LogP contribution in [0.15, 0.2) is 12.1 Å². The second-order valence-electron chi connectivity index (χ2n) is 2.63. The van der Waals surface area contributed by atoms with Crippen molar-refractivity contribution in [2.75, 3.05) is 0 Å². The van der Waals surface area contributed by atoms with Gasteiger partial charge in [0.25, 0.3) is 0 Å². The Kier molecular flexibility index (Phi) is 3.39. The van der Waals surface area contributed by atoms with E-state index in [1.54, 1.807) is 6.07 Å². The summed E-state index contributed by atoms with van der Waals surface area (Å²) in [6.07, 6.45) is -1.87. The summed E-state index contributed by atoms with van der Waals surface area (Å²) < 4.78 is 26.2. The maximum Gasteiger partial charge on any atom is 0.150 e. The normalized spacial score (nSPS) is 12.2. The number of aliphatic hydroxyl groups is 1. The molecule has 74 valence electrons. The fraction of sp³-hybridized carbons (Fsp3) is 0.222. The van der Waals surface area contributed by atoms with E-state index in [4.69, 9.17) is 16.9 Å². The lowest BCUT2D eigenvalue weighted by atomic mass is 10.1. The summed E-state index contributed by atoms with van der Waals surface area (Å²) in [4.78, 5) is 0. The second-order valence-corrected chi connectivity index (χ2v) is 3.04. The monoisotopic (exact) mass is 217 g/mol. The quantitative estimate of drug-likeness (QED) is 0.774. The number of aliphatic hydroxyl groups excluding tert-OH is 1. The Bertz CT molecular complexity index is 389. The van der Waals surface area contributed by atoms with Gasteiger partial charge in [0.05, 0.1) is 29.2 Å². The van der Waals surface area contributed by atoms with Crippen LogP contribution in [-0.4, -0.2) is 5.11 Å². The van der Waals surface area contributed by atoms with E-state index in [0.717, 1.165) is 12.1 Å². The van der Waals surface area contributed by atoms with Crippen LogP contribution in [0.3, 0.4) is 0 Å². The van der Waals surface area contributed by atoms with Crippen molar-refractivity contribution in [2.45, 2.75) is 12.5 Å². The molecule has 0 aromatic heterocycles. The fourth-order valence-corrected chi connectivity index (χ4v) is 1.20. The first-order valence-corrected chi connectivity index (χ1v) is 4.14. The second kappa shape index (κ2) is 4.36. The third-order valence-electron chi connectivity index (χ3n) is 1.70. The third-order valence-corrected chi connectivity index (χ3v) is 1.99. The van der Waals surface area contributed by atoms with Gasteiger partial charge in [0, 0.05) is 0 Å². The van der Waals surface area contributed by atoms with E-state index in [0.29, 0.717) is 0 Å². The van der Waals surface area contributed by atoms with E-state index < -0.39 is 23.3 Å². The molecule has 5 heteroatoms. The molecule has 0 heterocycles. The number of nitrogens with zero attached hydrogens (tertiary/aromatic N) is 1. The first-order valence-electron chi connectivity index (χ1n) is 3.76. The molecule has 0 aliphatic carbocycles. The van der Waals surface area contributed by atoms with Crippen LogP contribution in [0.2, 0.25) is 5.02 Å². The zero-order valence-electron chi connectivity index (χ0n) is 6.97. The Morgan fingerprint density at radius 2 is 2.14 bits per heavy atom. The molecule has 0 radical (unpaired) electrons. The summed E-state index contributed by atoms with van der Waals surface area (Å²) in [6, 6.07) is 3.61. The SMILES string of the molecule is N#CCC(O)c1c(F)ccc(Cl)c1F. The number of benzene rings is 1. The molecule has 1 aromatic rings. The van der Waals surface area contributed by atoms with E-state index in [9.17, 15) is 13.9 Å². The number of halogens is 3. The van der Waals surface area contributed by atoms with Crippen LogP contribution < -0.4 is 0 Å². The van der Waals surface area contributed by atoms with Gasteiger partial charge in [-0.3, -0.25) is 0 Å². The first kappa shape index (κ1) is 10.9. The van der Waals surface area contributed by atoms with Gasteiger partial charge in [0.2, 0.25) is 0 Å². The summed E-state index contributed by atoms with van der Waals surface area (Å²) in [7, 11) is 0. The summed E-state index contributed by atoms with van der Waals surface area (Å²) >= 11 is 5.39. The Morgan fingerprint density at radius 3 is 2.71 bits per heavy atom. The fourth-order valence-electron chi connectivity index (χ4n) is 1.04. The molecule has 1 N–H and O–H groups in total. The van der Waals surface area contributed by atoms with Gasteiger partial charge in [-0.1, -0.05) is 11.6 Å². The zero-order chi connectivity index (χ0) is 10.7. The molecule has 2 nitrogen and oxygen atoms in total. The minimum absolute atomic E-state index is 0.279. The van der Waals surface area contributed by atoms with Gasteiger partial charge >= 0.3 is 0 Å². The number of hydrogen-bond acceptors (Lipinski definition) is 2. The van der Waals surface area contributed by atoms with Gasteiger partial charge in [0.15, 0.2) is 5.82 Å². The molecule has 1 atom stereocenters. The van der Waals surface area contributed by atoms with Crippen LogP contribution in [0.5, 0.6) is 0 Å². The van der Waals surface area contributed by atoms with E-state index in [1.807, 2.05) is 0 Å². The molecule has 14 heavy (non-hydrogen) atoms. The number of nitriles is 1. The van der Waals surface area contributed by atoms with Crippen molar-refractivity contribution < 1.29 is 13.9 Å². The molecule has 0 aliphatic heterocycles. The van der Waals surface area contributed by atoms with Crippen LogP contribution in [0.1, 0.15) is 18.1 Å². The number of rotatable bonds is 2. The zero-order valence-corrected chi connectivity index (χ0v) is 7.72. The molecule has 0 saturated heterocycles.